The minimum absolute atomic E-state index is 0.101. The molecular weight excluding hydrogens is 358 g/mol. The molecule has 0 radical (unpaired) electrons. The van der Waals surface area contributed by atoms with Crippen molar-refractivity contribution in [1.82, 2.24) is 5.32 Å². The molecule has 1 fully saturated rings. The molecule has 8 nitrogen and oxygen atoms in total. The molecule has 1 aliphatic heterocycles. The fraction of sp³-hybridized carbons (Fsp3) is 0.294. The van der Waals surface area contributed by atoms with Gasteiger partial charge >= 0.3 is 11.8 Å². The molecule has 2 amide bonds. The molecule has 2 heterocycles. The van der Waals surface area contributed by atoms with Crippen molar-refractivity contribution in [3.05, 3.63) is 47.9 Å². The van der Waals surface area contributed by atoms with Gasteiger partial charge in [-0.15, -0.1) is 0 Å². The molecule has 1 aromatic carbocycles. The van der Waals surface area contributed by atoms with Gasteiger partial charge in [0.05, 0.1) is 24.2 Å². The maximum Gasteiger partial charge on any atom is 0.313 e. The SMILES string of the molecule is Cc1ccc(N2CCCS2(=O)=O)cc1NC(=O)C(=O)NCc1ccco1. The highest BCUT2D eigenvalue weighted by Gasteiger charge is 2.28. The van der Waals surface area contributed by atoms with Crippen LogP contribution in [-0.2, 0) is 26.2 Å². The monoisotopic (exact) mass is 377 g/mol. The number of carbonyl (C=O) groups excluding carboxylic acids is 2. The molecule has 138 valence electrons. The lowest BCUT2D eigenvalue weighted by molar-refractivity contribution is -0.136. The maximum atomic E-state index is 12.1. The Morgan fingerprint density at radius 3 is 2.69 bits per heavy atom. The van der Waals surface area contributed by atoms with E-state index in [-0.39, 0.29) is 12.3 Å². The van der Waals surface area contributed by atoms with Gasteiger partial charge in [-0.25, -0.2) is 8.42 Å². The van der Waals surface area contributed by atoms with Crippen LogP contribution in [-0.4, -0.2) is 32.5 Å². The summed E-state index contributed by atoms with van der Waals surface area (Å²) in [5.74, 6) is -0.998. The van der Waals surface area contributed by atoms with Crippen LogP contribution in [0.2, 0.25) is 0 Å². The number of hydrogen-bond acceptors (Lipinski definition) is 5. The van der Waals surface area contributed by atoms with E-state index in [0.29, 0.717) is 30.1 Å². The first-order chi connectivity index (χ1) is 12.4. The normalized spacial score (nSPS) is 15.7. The number of benzene rings is 1. The standard InChI is InChI=1S/C17H19N3O5S/c1-12-5-6-13(20-7-3-9-26(20,23)24)10-15(12)19-17(22)16(21)18-11-14-4-2-8-25-14/h2,4-6,8,10H,3,7,9,11H2,1H3,(H,18,21)(H,19,22). The lowest BCUT2D eigenvalue weighted by Gasteiger charge is -2.19. The molecule has 1 aromatic heterocycles. The third-order valence-electron chi connectivity index (χ3n) is 4.07. The summed E-state index contributed by atoms with van der Waals surface area (Å²) in [6.07, 6.45) is 2.04. The summed E-state index contributed by atoms with van der Waals surface area (Å²) in [4.78, 5) is 24.0. The van der Waals surface area contributed by atoms with Crippen molar-refractivity contribution < 1.29 is 22.4 Å². The first kappa shape index (κ1) is 18.0. The summed E-state index contributed by atoms with van der Waals surface area (Å²) in [7, 11) is -3.32. The Kier molecular flexibility index (Phi) is 4.99. The lowest BCUT2D eigenvalue weighted by Crippen LogP contribution is -2.35. The summed E-state index contributed by atoms with van der Waals surface area (Å²) >= 11 is 0. The van der Waals surface area contributed by atoms with Crippen molar-refractivity contribution in [3.63, 3.8) is 0 Å². The number of anilines is 2. The number of sulfonamides is 1. The van der Waals surface area contributed by atoms with E-state index in [0.717, 1.165) is 5.56 Å². The van der Waals surface area contributed by atoms with Gasteiger partial charge in [0.25, 0.3) is 0 Å². The zero-order valence-corrected chi connectivity index (χ0v) is 15.0. The fourth-order valence-corrected chi connectivity index (χ4v) is 4.23. The molecule has 3 rings (SSSR count). The molecular formula is C17H19N3O5S. The Labute approximate surface area is 151 Å². The fourth-order valence-electron chi connectivity index (χ4n) is 2.67. The number of hydrogen-bond donors (Lipinski definition) is 2. The maximum absolute atomic E-state index is 12.1. The van der Waals surface area contributed by atoms with Crippen molar-refractivity contribution in [2.24, 2.45) is 0 Å². The zero-order chi connectivity index (χ0) is 18.7. The molecule has 0 atom stereocenters. The molecule has 0 spiro atoms. The summed E-state index contributed by atoms with van der Waals surface area (Å²) in [6.45, 7) is 2.27. The van der Waals surface area contributed by atoms with Gasteiger partial charge in [-0.05, 0) is 43.2 Å². The summed E-state index contributed by atoms with van der Waals surface area (Å²) in [6, 6.07) is 8.32. The number of nitrogens with zero attached hydrogens (tertiary/aromatic N) is 1. The summed E-state index contributed by atoms with van der Waals surface area (Å²) < 4.78 is 30.5. The van der Waals surface area contributed by atoms with E-state index in [4.69, 9.17) is 4.42 Å². The second-order valence-electron chi connectivity index (χ2n) is 5.96. The van der Waals surface area contributed by atoms with Crippen molar-refractivity contribution in [3.8, 4) is 0 Å². The molecule has 2 N–H and O–H groups in total. The van der Waals surface area contributed by atoms with Crippen molar-refractivity contribution in [1.29, 1.82) is 0 Å². The van der Waals surface area contributed by atoms with Crippen LogP contribution in [0.1, 0.15) is 17.7 Å². The number of furan rings is 1. The molecule has 1 aliphatic rings. The van der Waals surface area contributed by atoms with Crippen molar-refractivity contribution in [2.75, 3.05) is 21.9 Å². The quantitative estimate of drug-likeness (QED) is 0.783. The topological polar surface area (TPSA) is 109 Å². The van der Waals surface area contributed by atoms with Gasteiger partial charge in [-0.2, -0.15) is 0 Å². The summed E-state index contributed by atoms with van der Waals surface area (Å²) in [5, 5.41) is 4.98. The first-order valence-electron chi connectivity index (χ1n) is 8.09. The average molecular weight is 377 g/mol. The Balaban J connectivity index is 1.69. The van der Waals surface area contributed by atoms with E-state index >= 15 is 0 Å². The Bertz CT molecular complexity index is 922. The third-order valence-corrected chi connectivity index (χ3v) is 5.94. The van der Waals surface area contributed by atoms with Crippen LogP contribution in [0.5, 0.6) is 0 Å². The molecule has 2 aromatic rings. The van der Waals surface area contributed by atoms with Crippen LogP contribution >= 0.6 is 0 Å². The molecule has 1 saturated heterocycles. The van der Waals surface area contributed by atoms with Crippen molar-refractivity contribution in [2.45, 2.75) is 19.9 Å². The molecule has 0 aliphatic carbocycles. The Hall–Kier alpha value is -2.81. The van der Waals surface area contributed by atoms with Gasteiger partial charge in [0.15, 0.2) is 0 Å². The number of rotatable bonds is 4. The van der Waals surface area contributed by atoms with E-state index in [1.54, 1.807) is 37.3 Å². The average Bonchev–Trinajstić information content (AvgIpc) is 3.23. The van der Waals surface area contributed by atoms with E-state index < -0.39 is 21.8 Å². The number of aryl methyl sites for hydroxylation is 1. The minimum Gasteiger partial charge on any atom is -0.467 e. The minimum atomic E-state index is -3.32. The number of amides is 2. The van der Waals surface area contributed by atoms with Gasteiger partial charge in [0, 0.05) is 12.2 Å². The first-order valence-corrected chi connectivity index (χ1v) is 9.70. The van der Waals surface area contributed by atoms with Crippen LogP contribution < -0.4 is 14.9 Å². The molecule has 0 bridgehead atoms. The predicted octanol–water partition coefficient (Wildman–Crippen LogP) is 1.38. The highest BCUT2D eigenvalue weighted by Crippen LogP contribution is 2.28. The van der Waals surface area contributed by atoms with E-state index in [1.165, 1.54) is 10.6 Å². The van der Waals surface area contributed by atoms with Crippen molar-refractivity contribution >= 4 is 33.2 Å². The molecule has 0 unspecified atom stereocenters. The Morgan fingerprint density at radius 1 is 1.23 bits per heavy atom. The van der Waals surface area contributed by atoms with Gasteiger partial charge in [-0.3, -0.25) is 13.9 Å². The van der Waals surface area contributed by atoms with Gasteiger partial charge in [0.1, 0.15) is 5.76 Å². The van der Waals surface area contributed by atoms with Crippen LogP contribution in [0.25, 0.3) is 0 Å². The molecule has 0 saturated carbocycles. The lowest BCUT2D eigenvalue weighted by atomic mass is 10.1. The van der Waals surface area contributed by atoms with Crippen LogP contribution in [0.15, 0.2) is 41.0 Å². The Morgan fingerprint density at radius 2 is 2.04 bits per heavy atom. The van der Waals surface area contributed by atoms with E-state index in [9.17, 15) is 18.0 Å². The van der Waals surface area contributed by atoms with Crippen LogP contribution in [0, 0.1) is 6.92 Å². The van der Waals surface area contributed by atoms with Crippen LogP contribution in [0.4, 0.5) is 11.4 Å². The summed E-state index contributed by atoms with van der Waals surface area (Å²) in [5.41, 5.74) is 1.58. The molecule has 26 heavy (non-hydrogen) atoms. The van der Waals surface area contributed by atoms with Gasteiger partial charge in [-0.1, -0.05) is 6.07 Å². The zero-order valence-electron chi connectivity index (χ0n) is 14.2. The smallest absolute Gasteiger partial charge is 0.313 e. The third kappa shape index (κ3) is 3.88. The van der Waals surface area contributed by atoms with Crippen LogP contribution in [0.3, 0.4) is 0 Å². The predicted molar refractivity (Wildman–Crippen MR) is 96.1 cm³/mol. The van der Waals surface area contributed by atoms with Gasteiger partial charge < -0.3 is 15.1 Å². The second-order valence-corrected chi connectivity index (χ2v) is 7.97. The second kappa shape index (κ2) is 7.20. The number of nitrogens with one attached hydrogen (secondary N) is 2. The molecule has 9 heteroatoms. The largest absolute Gasteiger partial charge is 0.467 e. The van der Waals surface area contributed by atoms with Gasteiger partial charge in [0.2, 0.25) is 10.0 Å². The number of carbonyl (C=O) groups is 2. The van der Waals surface area contributed by atoms with E-state index in [2.05, 4.69) is 10.6 Å². The highest BCUT2D eigenvalue weighted by molar-refractivity contribution is 7.93. The highest BCUT2D eigenvalue weighted by atomic mass is 32.2. The van der Waals surface area contributed by atoms with E-state index in [1.807, 2.05) is 0 Å².